The first-order valence-corrected chi connectivity index (χ1v) is 13.9. The monoisotopic (exact) mass is 498 g/mol. The summed E-state index contributed by atoms with van der Waals surface area (Å²) in [7, 11) is 1.43. The van der Waals surface area contributed by atoms with E-state index in [1.807, 2.05) is 23.1 Å². The zero-order chi connectivity index (χ0) is 26.1. The first kappa shape index (κ1) is 28.2. The molecule has 1 aromatic carbocycles. The molecule has 0 N–H and O–H groups in total. The van der Waals surface area contributed by atoms with Gasteiger partial charge in [-0.3, -0.25) is 9.59 Å². The summed E-state index contributed by atoms with van der Waals surface area (Å²) >= 11 is 0. The van der Waals surface area contributed by atoms with Crippen LogP contribution in [0.1, 0.15) is 82.4 Å². The molecule has 0 saturated carbocycles. The van der Waals surface area contributed by atoms with Crippen molar-refractivity contribution in [1.82, 2.24) is 19.4 Å². The van der Waals surface area contributed by atoms with Gasteiger partial charge in [0.2, 0.25) is 0 Å². The molecule has 2 heterocycles. The number of ether oxygens (including phenoxy) is 1. The van der Waals surface area contributed by atoms with E-state index in [1.54, 1.807) is 0 Å². The number of carbonyl (C=O) groups excluding carboxylic acids is 2. The summed E-state index contributed by atoms with van der Waals surface area (Å²) in [6, 6.07) is 5.93. The lowest BCUT2D eigenvalue weighted by molar-refractivity contribution is -0.140. The Bertz CT molecular complexity index is 982. The van der Waals surface area contributed by atoms with Crippen molar-refractivity contribution in [2.24, 2.45) is 11.8 Å². The Labute approximate surface area is 217 Å². The maximum Gasteiger partial charge on any atom is 0.305 e. The molecule has 1 fully saturated rings. The van der Waals surface area contributed by atoms with Crippen LogP contribution in [0.2, 0.25) is 0 Å². The smallest absolute Gasteiger partial charge is 0.305 e. The summed E-state index contributed by atoms with van der Waals surface area (Å²) in [5.74, 6) is 1.72. The molecule has 0 radical (unpaired) electrons. The van der Waals surface area contributed by atoms with Crippen molar-refractivity contribution in [3.05, 3.63) is 29.6 Å². The van der Waals surface area contributed by atoms with Gasteiger partial charge in [0.05, 0.1) is 18.1 Å². The van der Waals surface area contributed by atoms with E-state index >= 15 is 0 Å². The molecule has 7 nitrogen and oxygen atoms in total. The third kappa shape index (κ3) is 8.05. The zero-order valence-electron chi connectivity index (χ0n) is 23.1. The summed E-state index contributed by atoms with van der Waals surface area (Å²) in [4.78, 5) is 34.6. The number of hydrogen-bond acceptors (Lipinski definition) is 5. The molecule has 7 heteroatoms. The highest BCUT2D eigenvalue weighted by Gasteiger charge is 2.20. The predicted octanol–water partition coefficient (Wildman–Crippen LogP) is 5.16. The van der Waals surface area contributed by atoms with Crippen LogP contribution < -0.4 is 0 Å². The second-order valence-electron chi connectivity index (χ2n) is 11.1. The molecular weight excluding hydrogens is 452 g/mol. The largest absolute Gasteiger partial charge is 0.469 e. The second kappa shape index (κ2) is 13.8. The maximum absolute atomic E-state index is 13.5. The van der Waals surface area contributed by atoms with E-state index in [1.165, 1.54) is 39.5 Å². The number of fused-ring (bicyclic) bond motifs is 1. The van der Waals surface area contributed by atoms with Crippen LogP contribution in [0.5, 0.6) is 0 Å². The van der Waals surface area contributed by atoms with Gasteiger partial charge < -0.3 is 19.1 Å². The number of imidazole rings is 1. The number of hydrogen-bond donors (Lipinski definition) is 0. The molecule has 1 aliphatic rings. The number of benzene rings is 1. The molecular formula is C29H46N4O3. The van der Waals surface area contributed by atoms with E-state index in [2.05, 4.69) is 37.2 Å². The highest BCUT2D eigenvalue weighted by molar-refractivity contribution is 5.97. The Kier molecular flexibility index (Phi) is 10.8. The Balaban J connectivity index is 1.84. The van der Waals surface area contributed by atoms with Crippen molar-refractivity contribution in [2.45, 2.75) is 79.2 Å². The summed E-state index contributed by atoms with van der Waals surface area (Å²) in [6.07, 6.45) is 6.77. The normalized spacial score (nSPS) is 14.6. The van der Waals surface area contributed by atoms with Gasteiger partial charge in [0.15, 0.2) is 0 Å². The van der Waals surface area contributed by atoms with Crippen molar-refractivity contribution in [2.75, 3.05) is 39.8 Å². The zero-order valence-corrected chi connectivity index (χ0v) is 23.1. The average Bonchev–Trinajstić information content (AvgIpc) is 3.19. The van der Waals surface area contributed by atoms with Gasteiger partial charge in [-0.05, 0) is 75.4 Å². The van der Waals surface area contributed by atoms with Gasteiger partial charge in [-0.25, -0.2) is 4.98 Å². The van der Waals surface area contributed by atoms with E-state index in [0.717, 1.165) is 55.0 Å². The van der Waals surface area contributed by atoms with Gasteiger partial charge in [0.25, 0.3) is 5.91 Å². The first-order valence-electron chi connectivity index (χ1n) is 13.9. The lowest BCUT2D eigenvalue weighted by Crippen LogP contribution is -2.37. The summed E-state index contributed by atoms with van der Waals surface area (Å²) in [6.45, 7) is 14.4. The van der Waals surface area contributed by atoms with Gasteiger partial charge in [-0.15, -0.1) is 0 Å². The van der Waals surface area contributed by atoms with Crippen LogP contribution in [0.3, 0.4) is 0 Å². The summed E-state index contributed by atoms with van der Waals surface area (Å²) in [5, 5.41) is 0. The van der Waals surface area contributed by atoms with E-state index in [9.17, 15) is 9.59 Å². The highest BCUT2D eigenvalue weighted by atomic mass is 16.5. The third-order valence-corrected chi connectivity index (χ3v) is 6.85. The number of nitrogens with zero attached hydrogens (tertiary/aromatic N) is 4. The molecule has 0 atom stereocenters. The minimum absolute atomic E-state index is 0.0904. The standard InChI is InChI=1S/C29H46N4O3/c1-22(2)20-32(21-23(3)4)29(35)24-13-14-25-26(19-24)33(18-10-17-31-15-7-6-8-16-31)27(30-25)11-9-12-28(34)36-5/h13-14,19,22-23H,6-12,15-18,20-21H2,1-5H3. The van der Waals surface area contributed by atoms with Crippen LogP contribution in [0, 0.1) is 11.8 Å². The third-order valence-electron chi connectivity index (χ3n) is 6.85. The lowest BCUT2D eigenvalue weighted by Gasteiger charge is -2.27. The van der Waals surface area contributed by atoms with Crippen molar-refractivity contribution in [3.8, 4) is 0 Å². The SMILES string of the molecule is COC(=O)CCCc1nc2ccc(C(=O)N(CC(C)C)CC(C)C)cc2n1CCCN1CCCCC1. The molecule has 1 aliphatic heterocycles. The van der Waals surface area contributed by atoms with E-state index in [0.29, 0.717) is 31.1 Å². The number of amides is 1. The minimum atomic E-state index is -0.189. The molecule has 200 valence electrons. The fourth-order valence-electron chi connectivity index (χ4n) is 5.18. The van der Waals surface area contributed by atoms with Crippen LogP contribution in [0.4, 0.5) is 0 Å². The van der Waals surface area contributed by atoms with Crippen LogP contribution in [0.15, 0.2) is 18.2 Å². The highest BCUT2D eigenvalue weighted by Crippen LogP contribution is 2.22. The number of methoxy groups -OCH3 is 1. The Hall–Kier alpha value is -2.41. The number of carbonyl (C=O) groups is 2. The number of aromatic nitrogens is 2. The van der Waals surface area contributed by atoms with E-state index in [-0.39, 0.29) is 11.9 Å². The first-order chi connectivity index (χ1) is 17.3. The van der Waals surface area contributed by atoms with E-state index < -0.39 is 0 Å². The summed E-state index contributed by atoms with van der Waals surface area (Å²) in [5.41, 5.74) is 2.65. The van der Waals surface area contributed by atoms with Crippen molar-refractivity contribution in [3.63, 3.8) is 0 Å². The fraction of sp³-hybridized carbons (Fsp3) is 0.690. The van der Waals surface area contributed by atoms with Gasteiger partial charge in [0.1, 0.15) is 5.82 Å². The predicted molar refractivity (Wildman–Crippen MR) is 145 cm³/mol. The van der Waals surface area contributed by atoms with Crippen molar-refractivity contribution < 1.29 is 14.3 Å². The molecule has 36 heavy (non-hydrogen) atoms. The quantitative estimate of drug-likeness (QED) is 0.357. The molecule has 1 aromatic heterocycles. The molecule has 1 saturated heterocycles. The Morgan fingerprint density at radius 3 is 2.33 bits per heavy atom. The number of esters is 1. The molecule has 2 aromatic rings. The summed E-state index contributed by atoms with van der Waals surface area (Å²) < 4.78 is 7.10. The van der Waals surface area contributed by atoms with Crippen molar-refractivity contribution >= 4 is 22.9 Å². The average molecular weight is 499 g/mol. The lowest BCUT2D eigenvalue weighted by atomic mass is 10.1. The molecule has 0 unspecified atom stereocenters. The van der Waals surface area contributed by atoms with Crippen LogP contribution in [-0.4, -0.2) is 71.1 Å². The van der Waals surface area contributed by atoms with Gasteiger partial charge in [-0.1, -0.05) is 34.1 Å². The number of piperidine rings is 1. The Morgan fingerprint density at radius 1 is 1.00 bits per heavy atom. The maximum atomic E-state index is 13.5. The van der Waals surface area contributed by atoms with Crippen molar-refractivity contribution in [1.29, 1.82) is 0 Å². The van der Waals surface area contributed by atoms with Crippen LogP contribution in [0.25, 0.3) is 11.0 Å². The molecule has 3 rings (SSSR count). The molecule has 1 amide bonds. The number of rotatable bonds is 13. The fourth-order valence-corrected chi connectivity index (χ4v) is 5.18. The van der Waals surface area contributed by atoms with Gasteiger partial charge in [-0.2, -0.15) is 0 Å². The van der Waals surface area contributed by atoms with Crippen LogP contribution >= 0.6 is 0 Å². The van der Waals surface area contributed by atoms with Gasteiger partial charge in [0, 0.05) is 38.0 Å². The molecule has 0 spiro atoms. The molecule has 0 aliphatic carbocycles. The number of aryl methyl sites for hydroxylation is 2. The minimum Gasteiger partial charge on any atom is -0.469 e. The number of likely N-dealkylation sites (tertiary alicyclic amines) is 1. The molecule has 0 bridgehead atoms. The van der Waals surface area contributed by atoms with Gasteiger partial charge >= 0.3 is 5.97 Å². The Morgan fingerprint density at radius 2 is 1.69 bits per heavy atom. The van der Waals surface area contributed by atoms with Crippen LogP contribution in [-0.2, 0) is 22.5 Å². The van der Waals surface area contributed by atoms with E-state index in [4.69, 9.17) is 9.72 Å². The topological polar surface area (TPSA) is 67.7 Å². The second-order valence-corrected chi connectivity index (χ2v) is 11.1.